The monoisotopic (exact) mass is 310 g/mol. The molecule has 1 aromatic carbocycles. The molecule has 0 bridgehead atoms. The quantitative estimate of drug-likeness (QED) is 0.693. The van der Waals surface area contributed by atoms with E-state index in [1.165, 1.54) is 4.40 Å². The first-order chi connectivity index (χ1) is 11.2. The van der Waals surface area contributed by atoms with Crippen LogP contribution in [0.25, 0.3) is 5.65 Å². The van der Waals surface area contributed by atoms with Gasteiger partial charge in [-0.2, -0.15) is 4.98 Å². The molecule has 0 aliphatic rings. The van der Waals surface area contributed by atoms with Crippen molar-refractivity contribution in [1.29, 1.82) is 0 Å². The molecule has 3 aromatic rings. The summed E-state index contributed by atoms with van der Waals surface area (Å²) >= 11 is 0. The second-order valence-corrected chi connectivity index (χ2v) is 4.66. The van der Waals surface area contributed by atoms with Crippen LogP contribution in [0.3, 0.4) is 0 Å². The fourth-order valence-corrected chi connectivity index (χ4v) is 2.12. The highest BCUT2D eigenvalue weighted by atomic mass is 16.5. The van der Waals surface area contributed by atoms with Gasteiger partial charge in [0, 0.05) is 6.20 Å². The molecule has 0 atom stereocenters. The Balaban J connectivity index is 2.19. The van der Waals surface area contributed by atoms with E-state index in [-0.39, 0.29) is 18.1 Å². The van der Waals surface area contributed by atoms with Gasteiger partial charge in [-0.25, -0.2) is 4.79 Å². The van der Waals surface area contributed by atoms with Crippen LogP contribution in [0.15, 0.2) is 59.5 Å². The highest BCUT2D eigenvalue weighted by Crippen LogP contribution is 2.22. The van der Waals surface area contributed by atoms with E-state index in [4.69, 9.17) is 9.47 Å². The van der Waals surface area contributed by atoms with Crippen molar-refractivity contribution in [2.45, 2.75) is 6.92 Å². The number of rotatable bonds is 4. The van der Waals surface area contributed by atoms with Crippen molar-refractivity contribution in [3.8, 4) is 11.6 Å². The first-order valence-electron chi connectivity index (χ1n) is 7.12. The number of pyridine rings is 1. The molecule has 0 N–H and O–H groups in total. The standard InChI is InChI=1S/C17H14N2O4/c1-2-22-17(21)14-15(23-12-8-4-3-5-9-12)18-13-10-6-7-11-19(13)16(14)20/h3-11H,2H2,1H3. The number of benzene rings is 1. The lowest BCUT2D eigenvalue weighted by Gasteiger charge is -2.10. The fraction of sp³-hybridized carbons (Fsp3) is 0.118. The topological polar surface area (TPSA) is 69.9 Å². The van der Waals surface area contributed by atoms with Gasteiger partial charge in [0.1, 0.15) is 11.4 Å². The molecule has 0 saturated heterocycles. The highest BCUT2D eigenvalue weighted by Gasteiger charge is 2.23. The Morgan fingerprint density at radius 3 is 2.61 bits per heavy atom. The Hall–Kier alpha value is -3.15. The SMILES string of the molecule is CCOC(=O)c1c(Oc2ccccc2)nc2ccccn2c1=O. The maximum atomic E-state index is 12.6. The van der Waals surface area contributed by atoms with Gasteiger partial charge in [-0.15, -0.1) is 0 Å². The van der Waals surface area contributed by atoms with Crippen LogP contribution in [0, 0.1) is 0 Å². The Morgan fingerprint density at radius 2 is 1.87 bits per heavy atom. The lowest BCUT2D eigenvalue weighted by Crippen LogP contribution is -2.25. The molecule has 0 saturated carbocycles. The second kappa shape index (κ2) is 6.31. The van der Waals surface area contributed by atoms with E-state index in [1.807, 2.05) is 6.07 Å². The third-order valence-corrected chi connectivity index (χ3v) is 3.14. The second-order valence-electron chi connectivity index (χ2n) is 4.66. The fourth-order valence-electron chi connectivity index (χ4n) is 2.12. The Labute approximate surface area is 131 Å². The van der Waals surface area contributed by atoms with E-state index < -0.39 is 11.5 Å². The molecule has 2 heterocycles. The third-order valence-electron chi connectivity index (χ3n) is 3.14. The van der Waals surface area contributed by atoms with E-state index in [0.29, 0.717) is 11.4 Å². The minimum absolute atomic E-state index is 0.0640. The molecule has 23 heavy (non-hydrogen) atoms. The molecule has 0 aliphatic heterocycles. The number of ether oxygens (including phenoxy) is 2. The number of nitrogens with zero attached hydrogens (tertiary/aromatic N) is 2. The van der Waals surface area contributed by atoms with Crippen molar-refractivity contribution in [2.24, 2.45) is 0 Å². The van der Waals surface area contributed by atoms with Crippen molar-refractivity contribution in [2.75, 3.05) is 6.61 Å². The van der Waals surface area contributed by atoms with Crippen LogP contribution in [0.5, 0.6) is 11.6 Å². The van der Waals surface area contributed by atoms with Gasteiger partial charge < -0.3 is 9.47 Å². The average Bonchev–Trinajstić information content (AvgIpc) is 2.56. The predicted octanol–water partition coefficient (Wildman–Crippen LogP) is 2.66. The zero-order valence-electron chi connectivity index (χ0n) is 12.4. The van der Waals surface area contributed by atoms with E-state index in [9.17, 15) is 9.59 Å². The summed E-state index contributed by atoms with van der Waals surface area (Å²) in [5.74, 6) is -0.342. The average molecular weight is 310 g/mol. The molecule has 6 nitrogen and oxygen atoms in total. The molecule has 0 fully saturated rings. The van der Waals surface area contributed by atoms with Crippen LogP contribution in [-0.4, -0.2) is 22.0 Å². The third kappa shape index (κ3) is 2.91. The van der Waals surface area contributed by atoms with Gasteiger partial charge in [0.2, 0.25) is 5.88 Å². The summed E-state index contributed by atoms with van der Waals surface area (Å²) < 4.78 is 11.9. The molecule has 0 unspecified atom stereocenters. The summed E-state index contributed by atoms with van der Waals surface area (Å²) in [6.45, 7) is 1.82. The van der Waals surface area contributed by atoms with Gasteiger partial charge in [-0.05, 0) is 31.2 Å². The van der Waals surface area contributed by atoms with Gasteiger partial charge in [-0.1, -0.05) is 24.3 Å². The number of fused-ring (bicyclic) bond motifs is 1. The smallest absolute Gasteiger partial charge is 0.349 e. The Kier molecular flexibility index (Phi) is 4.05. The number of esters is 1. The van der Waals surface area contributed by atoms with Crippen LogP contribution in [-0.2, 0) is 4.74 Å². The molecule has 0 aliphatic carbocycles. The minimum Gasteiger partial charge on any atom is -0.462 e. The van der Waals surface area contributed by atoms with Crippen molar-refractivity contribution >= 4 is 11.6 Å². The van der Waals surface area contributed by atoms with Crippen LogP contribution in [0.2, 0.25) is 0 Å². The van der Waals surface area contributed by atoms with E-state index >= 15 is 0 Å². The molecule has 2 aromatic heterocycles. The van der Waals surface area contributed by atoms with Gasteiger partial charge >= 0.3 is 5.97 Å². The maximum Gasteiger partial charge on any atom is 0.349 e. The minimum atomic E-state index is -0.755. The summed E-state index contributed by atoms with van der Waals surface area (Å²) in [6.07, 6.45) is 1.54. The van der Waals surface area contributed by atoms with Crippen LogP contribution in [0.1, 0.15) is 17.3 Å². The summed E-state index contributed by atoms with van der Waals surface area (Å²) in [7, 11) is 0. The van der Waals surface area contributed by atoms with E-state index in [0.717, 1.165) is 0 Å². The van der Waals surface area contributed by atoms with Crippen molar-refractivity contribution in [1.82, 2.24) is 9.38 Å². The van der Waals surface area contributed by atoms with E-state index in [1.54, 1.807) is 55.6 Å². The van der Waals surface area contributed by atoms with Crippen LogP contribution in [0.4, 0.5) is 0 Å². The number of aromatic nitrogens is 2. The largest absolute Gasteiger partial charge is 0.462 e. The molecule has 3 rings (SSSR count). The zero-order chi connectivity index (χ0) is 16.2. The number of hydrogen-bond acceptors (Lipinski definition) is 5. The summed E-state index contributed by atoms with van der Waals surface area (Å²) in [5.41, 5.74) is -0.365. The Bertz CT molecular complexity index is 903. The van der Waals surface area contributed by atoms with Gasteiger partial charge in [-0.3, -0.25) is 9.20 Å². The summed E-state index contributed by atoms with van der Waals surface area (Å²) in [6, 6.07) is 13.9. The molecule has 0 radical (unpaired) electrons. The molecular formula is C17H14N2O4. The maximum absolute atomic E-state index is 12.6. The lowest BCUT2D eigenvalue weighted by molar-refractivity contribution is 0.0520. The molecule has 0 spiro atoms. The van der Waals surface area contributed by atoms with Gasteiger partial charge in [0.25, 0.3) is 5.56 Å². The zero-order valence-corrected chi connectivity index (χ0v) is 12.4. The number of carbonyl (C=O) groups is 1. The number of carbonyl (C=O) groups excluding carboxylic acids is 1. The van der Waals surface area contributed by atoms with Crippen molar-refractivity contribution < 1.29 is 14.3 Å². The molecule has 0 amide bonds. The van der Waals surface area contributed by atoms with Crippen LogP contribution >= 0.6 is 0 Å². The summed E-state index contributed by atoms with van der Waals surface area (Å²) in [4.78, 5) is 29.0. The molecule has 6 heteroatoms. The van der Waals surface area contributed by atoms with Crippen LogP contribution < -0.4 is 10.3 Å². The van der Waals surface area contributed by atoms with Gasteiger partial charge in [0.05, 0.1) is 6.61 Å². The number of hydrogen-bond donors (Lipinski definition) is 0. The summed E-state index contributed by atoms with van der Waals surface area (Å²) in [5, 5.41) is 0. The van der Waals surface area contributed by atoms with E-state index in [2.05, 4.69) is 4.98 Å². The Morgan fingerprint density at radius 1 is 1.13 bits per heavy atom. The van der Waals surface area contributed by atoms with Gasteiger partial charge in [0.15, 0.2) is 5.56 Å². The highest BCUT2D eigenvalue weighted by molar-refractivity contribution is 5.91. The lowest BCUT2D eigenvalue weighted by atomic mass is 10.3. The van der Waals surface area contributed by atoms with Crippen molar-refractivity contribution in [3.05, 3.63) is 70.6 Å². The molecular weight excluding hydrogens is 296 g/mol. The van der Waals surface area contributed by atoms with Crippen molar-refractivity contribution in [3.63, 3.8) is 0 Å². The number of para-hydroxylation sites is 1. The predicted molar refractivity (Wildman–Crippen MR) is 83.9 cm³/mol. The normalized spacial score (nSPS) is 10.5. The first-order valence-corrected chi connectivity index (χ1v) is 7.12. The molecule has 116 valence electrons. The first kappa shape index (κ1) is 14.8.